The molecule has 10 heteroatoms. The Morgan fingerprint density at radius 1 is 1.17 bits per heavy atom. The third kappa shape index (κ3) is 6.53. The summed E-state index contributed by atoms with van der Waals surface area (Å²) in [6.45, 7) is 6.68. The van der Waals surface area contributed by atoms with Crippen molar-refractivity contribution in [2.45, 2.75) is 56.7 Å². The molecule has 9 nitrogen and oxygen atoms in total. The van der Waals surface area contributed by atoms with Gasteiger partial charge in [0.2, 0.25) is 5.91 Å². The van der Waals surface area contributed by atoms with Gasteiger partial charge in [0.15, 0.2) is 0 Å². The van der Waals surface area contributed by atoms with E-state index in [0.29, 0.717) is 30.2 Å². The Morgan fingerprint density at radius 2 is 1.94 bits per heavy atom. The number of amides is 3. The third-order valence-corrected chi connectivity index (χ3v) is 8.34. The van der Waals surface area contributed by atoms with Crippen molar-refractivity contribution in [3.05, 3.63) is 40.6 Å². The lowest BCUT2D eigenvalue weighted by Crippen LogP contribution is -2.42. The van der Waals surface area contributed by atoms with Gasteiger partial charge < -0.3 is 31.5 Å². The van der Waals surface area contributed by atoms with Crippen LogP contribution in [0.15, 0.2) is 35.0 Å². The Bertz CT molecular complexity index is 990. The van der Waals surface area contributed by atoms with Crippen molar-refractivity contribution in [3.63, 3.8) is 0 Å². The average molecular weight is 515 g/mol. The second-order valence-corrected chi connectivity index (χ2v) is 10.8. The van der Waals surface area contributed by atoms with Crippen LogP contribution in [0.2, 0.25) is 0 Å². The van der Waals surface area contributed by atoms with E-state index in [0.717, 1.165) is 51.0 Å². The molecular formula is C26H38N6O3S. The molecule has 2 aliphatic heterocycles. The molecule has 4 rings (SSSR count). The summed E-state index contributed by atoms with van der Waals surface area (Å²) in [6.07, 6.45) is 6.55. The fraction of sp³-hybridized carbons (Fsp3) is 0.577. The highest BCUT2D eigenvalue weighted by Gasteiger charge is 2.38. The van der Waals surface area contributed by atoms with Crippen molar-refractivity contribution in [1.82, 2.24) is 20.4 Å². The van der Waals surface area contributed by atoms with Crippen molar-refractivity contribution < 1.29 is 14.4 Å². The van der Waals surface area contributed by atoms with Gasteiger partial charge in [-0.25, -0.2) is 0 Å². The first-order chi connectivity index (χ1) is 17.5. The van der Waals surface area contributed by atoms with Crippen molar-refractivity contribution in [2.75, 3.05) is 44.6 Å². The first-order valence-electron chi connectivity index (χ1n) is 13.1. The van der Waals surface area contributed by atoms with Gasteiger partial charge in [0.1, 0.15) is 16.0 Å². The largest absolute Gasteiger partial charge is 0.392 e. The molecule has 0 radical (unpaired) electrons. The second-order valence-electron chi connectivity index (χ2n) is 9.63. The summed E-state index contributed by atoms with van der Waals surface area (Å²) in [5.41, 5.74) is 7.63. The van der Waals surface area contributed by atoms with Crippen LogP contribution in [-0.2, 0) is 9.59 Å². The Labute approximate surface area is 217 Å². The molecule has 196 valence electrons. The number of thioether (sulfide) groups is 1. The normalized spacial score (nSPS) is 21.9. The zero-order valence-corrected chi connectivity index (χ0v) is 21.9. The molecule has 5 N–H and O–H groups in total. The van der Waals surface area contributed by atoms with E-state index in [9.17, 15) is 14.4 Å². The number of carbonyl (C=O) groups is 3. The number of likely N-dealkylation sites (tertiary alicyclic amines) is 1. The molecule has 1 aromatic carbocycles. The summed E-state index contributed by atoms with van der Waals surface area (Å²) < 4.78 is 0. The fourth-order valence-electron chi connectivity index (χ4n) is 4.67. The molecular weight excluding hydrogens is 476 g/mol. The van der Waals surface area contributed by atoms with Crippen LogP contribution >= 0.6 is 11.8 Å². The lowest BCUT2D eigenvalue weighted by Gasteiger charge is -2.27. The minimum Gasteiger partial charge on any atom is -0.392 e. The number of anilines is 1. The number of carbonyl (C=O) groups excluding carboxylic acids is 3. The van der Waals surface area contributed by atoms with Crippen molar-refractivity contribution in [1.29, 1.82) is 0 Å². The van der Waals surface area contributed by atoms with Crippen LogP contribution in [0.5, 0.6) is 0 Å². The molecule has 3 fully saturated rings. The van der Waals surface area contributed by atoms with Crippen LogP contribution in [0.4, 0.5) is 5.69 Å². The Morgan fingerprint density at radius 3 is 2.64 bits per heavy atom. The maximum absolute atomic E-state index is 13.0. The number of nitrogens with zero attached hydrogens (tertiary/aromatic N) is 2. The third-order valence-electron chi connectivity index (χ3n) is 7.02. The molecule has 0 unspecified atom stereocenters. The van der Waals surface area contributed by atoms with E-state index in [1.54, 1.807) is 17.0 Å². The van der Waals surface area contributed by atoms with Gasteiger partial charge in [0.25, 0.3) is 11.8 Å². The average Bonchev–Trinajstić information content (AvgIpc) is 3.49. The van der Waals surface area contributed by atoms with E-state index in [4.69, 9.17) is 5.73 Å². The van der Waals surface area contributed by atoms with Crippen LogP contribution in [0.1, 0.15) is 55.8 Å². The standard InChI is InChI=1S/C26H38N6O3S/c1-2-32-25(35)21(36-26(32)22(27)24(34)30-19-9-6-10-19)17-29-20-11-5-8-18(16-20)23(33)28-12-7-15-31-13-3-4-14-31/h5,8,11,16,19,21,29H,2-4,6-7,9-10,12-15,17,27H2,1H3,(H,28,33)(H,30,34)/b26-22+/t21-/m1/s1. The number of hydrogen-bond donors (Lipinski definition) is 4. The maximum atomic E-state index is 13.0. The smallest absolute Gasteiger partial charge is 0.270 e. The van der Waals surface area contributed by atoms with Crippen LogP contribution < -0.4 is 21.7 Å². The molecule has 3 aliphatic rings. The van der Waals surface area contributed by atoms with E-state index in [2.05, 4.69) is 20.9 Å². The van der Waals surface area contributed by atoms with Gasteiger partial charge in [-0.05, 0) is 83.3 Å². The minimum atomic E-state index is -0.405. The van der Waals surface area contributed by atoms with Crippen LogP contribution in [0.3, 0.4) is 0 Å². The predicted molar refractivity (Wildman–Crippen MR) is 143 cm³/mol. The fourth-order valence-corrected chi connectivity index (χ4v) is 5.90. The van der Waals surface area contributed by atoms with E-state index in [1.807, 2.05) is 19.1 Å². The van der Waals surface area contributed by atoms with Crippen molar-refractivity contribution in [2.24, 2.45) is 5.73 Å². The first kappa shape index (κ1) is 26.3. The van der Waals surface area contributed by atoms with Crippen molar-refractivity contribution >= 4 is 35.2 Å². The molecule has 1 atom stereocenters. The molecule has 0 bridgehead atoms. The second kappa shape index (κ2) is 12.5. The molecule has 3 amide bonds. The van der Waals surface area contributed by atoms with E-state index in [-0.39, 0.29) is 29.5 Å². The van der Waals surface area contributed by atoms with Gasteiger partial charge in [0, 0.05) is 36.9 Å². The number of rotatable bonds is 11. The lowest BCUT2D eigenvalue weighted by molar-refractivity contribution is -0.127. The van der Waals surface area contributed by atoms with Gasteiger partial charge >= 0.3 is 0 Å². The predicted octanol–water partition coefficient (Wildman–Crippen LogP) is 2.07. The highest BCUT2D eigenvalue weighted by atomic mass is 32.2. The van der Waals surface area contributed by atoms with Gasteiger partial charge in [-0.15, -0.1) is 0 Å². The van der Waals surface area contributed by atoms with E-state index < -0.39 is 5.25 Å². The molecule has 1 saturated carbocycles. The molecule has 2 heterocycles. The number of benzene rings is 1. The molecule has 1 aliphatic carbocycles. The van der Waals surface area contributed by atoms with Gasteiger partial charge in [-0.3, -0.25) is 14.4 Å². The topological polar surface area (TPSA) is 120 Å². The number of hydrogen-bond acceptors (Lipinski definition) is 7. The van der Waals surface area contributed by atoms with Crippen LogP contribution in [0, 0.1) is 0 Å². The lowest BCUT2D eigenvalue weighted by atomic mass is 9.93. The SMILES string of the molecule is CCN1C(=O)[C@@H](CNc2cccc(C(=O)NCCCN3CCCC3)c2)S/C1=C(/N)C(=O)NC1CCC1. The van der Waals surface area contributed by atoms with Crippen LogP contribution in [-0.4, -0.2) is 78.1 Å². The summed E-state index contributed by atoms with van der Waals surface area (Å²) in [4.78, 5) is 42.1. The van der Waals surface area contributed by atoms with E-state index in [1.165, 1.54) is 24.6 Å². The summed E-state index contributed by atoms with van der Waals surface area (Å²) in [5, 5.41) is 9.35. The Hall–Kier alpha value is -2.72. The van der Waals surface area contributed by atoms with Gasteiger partial charge in [0.05, 0.1) is 0 Å². The number of nitrogens with one attached hydrogen (secondary N) is 3. The molecule has 36 heavy (non-hydrogen) atoms. The Balaban J connectivity index is 1.29. The van der Waals surface area contributed by atoms with Gasteiger partial charge in [-0.2, -0.15) is 0 Å². The summed E-state index contributed by atoms with van der Waals surface area (Å²) >= 11 is 1.32. The highest BCUT2D eigenvalue weighted by Crippen LogP contribution is 2.36. The molecule has 1 aromatic rings. The minimum absolute atomic E-state index is 0.0729. The quantitative estimate of drug-likeness (QED) is 0.264. The van der Waals surface area contributed by atoms with Crippen LogP contribution in [0.25, 0.3) is 0 Å². The maximum Gasteiger partial charge on any atom is 0.270 e. The monoisotopic (exact) mass is 514 g/mol. The first-order valence-corrected chi connectivity index (χ1v) is 14.0. The van der Waals surface area contributed by atoms with Crippen molar-refractivity contribution in [3.8, 4) is 0 Å². The number of nitrogens with two attached hydrogens (primary N) is 1. The van der Waals surface area contributed by atoms with E-state index >= 15 is 0 Å². The zero-order valence-electron chi connectivity index (χ0n) is 21.1. The molecule has 0 aromatic heterocycles. The summed E-state index contributed by atoms with van der Waals surface area (Å²) in [7, 11) is 0. The zero-order chi connectivity index (χ0) is 25.5. The Kier molecular flexibility index (Phi) is 9.14. The highest BCUT2D eigenvalue weighted by molar-refractivity contribution is 8.04. The summed E-state index contributed by atoms with van der Waals surface area (Å²) in [5.74, 6) is -0.475. The van der Waals surface area contributed by atoms with Gasteiger partial charge in [-0.1, -0.05) is 17.8 Å². The molecule has 0 spiro atoms. The summed E-state index contributed by atoms with van der Waals surface area (Å²) in [6, 6.07) is 7.48. The molecule has 2 saturated heterocycles.